The van der Waals surface area contributed by atoms with Gasteiger partial charge in [-0.3, -0.25) is 14.2 Å². The molecule has 0 amide bonds. The van der Waals surface area contributed by atoms with Crippen LogP contribution in [-0.2, 0) is 0 Å². The van der Waals surface area contributed by atoms with Gasteiger partial charge in [0.05, 0.1) is 22.2 Å². The summed E-state index contributed by atoms with van der Waals surface area (Å²) in [6.45, 7) is 5.56. The lowest BCUT2D eigenvalue weighted by Crippen LogP contribution is -2.43. The van der Waals surface area contributed by atoms with E-state index in [-0.39, 0.29) is 17.2 Å². The van der Waals surface area contributed by atoms with E-state index in [9.17, 15) is 9.59 Å². The van der Waals surface area contributed by atoms with Crippen LogP contribution in [0.3, 0.4) is 0 Å². The van der Waals surface area contributed by atoms with Crippen LogP contribution in [0.5, 0.6) is 0 Å². The highest BCUT2D eigenvalue weighted by Gasteiger charge is 2.31. The molecule has 0 aliphatic carbocycles. The van der Waals surface area contributed by atoms with Crippen LogP contribution in [0.4, 0.5) is 5.69 Å². The van der Waals surface area contributed by atoms with Gasteiger partial charge in [0.15, 0.2) is 5.82 Å². The molecule has 1 N–H and O–H groups in total. The van der Waals surface area contributed by atoms with Gasteiger partial charge in [0, 0.05) is 31.9 Å². The molecular weight excluding hydrogens is 328 g/mol. The van der Waals surface area contributed by atoms with Gasteiger partial charge in [-0.1, -0.05) is 12.1 Å². The van der Waals surface area contributed by atoms with Crippen LogP contribution in [-0.4, -0.2) is 41.5 Å². The van der Waals surface area contributed by atoms with Crippen molar-refractivity contribution in [1.82, 2.24) is 14.9 Å². The van der Waals surface area contributed by atoms with E-state index < -0.39 is 0 Å². The van der Waals surface area contributed by atoms with Crippen molar-refractivity contribution in [3.8, 4) is 5.69 Å². The quantitative estimate of drug-likeness (QED) is 0.568. The van der Waals surface area contributed by atoms with Gasteiger partial charge < -0.3 is 10.2 Å². The molecule has 1 fully saturated rings. The van der Waals surface area contributed by atoms with Crippen molar-refractivity contribution >= 4 is 22.4 Å². The summed E-state index contributed by atoms with van der Waals surface area (Å²) in [5, 5.41) is 3.88. The van der Waals surface area contributed by atoms with Crippen LogP contribution < -0.4 is 15.8 Å². The maximum absolute atomic E-state index is 13.2. The summed E-state index contributed by atoms with van der Waals surface area (Å²) >= 11 is 0. The van der Waals surface area contributed by atoms with Crippen molar-refractivity contribution in [3.63, 3.8) is 0 Å². The van der Waals surface area contributed by atoms with Gasteiger partial charge in [0.2, 0.25) is 5.78 Å². The second-order valence-electron chi connectivity index (χ2n) is 6.81. The molecule has 3 aromatic rings. The Balaban J connectivity index is 1.75. The number of aromatic nitrogens is 2. The molecule has 2 aliphatic heterocycles. The Morgan fingerprint density at radius 2 is 1.88 bits per heavy atom. The van der Waals surface area contributed by atoms with Crippen LogP contribution in [0, 0.1) is 6.92 Å². The van der Waals surface area contributed by atoms with Crippen molar-refractivity contribution in [3.05, 3.63) is 63.7 Å². The van der Waals surface area contributed by atoms with Crippen LogP contribution in [0.2, 0.25) is 0 Å². The first-order chi connectivity index (χ1) is 12.6. The summed E-state index contributed by atoms with van der Waals surface area (Å²) in [5.74, 6) is 0.0324. The van der Waals surface area contributed by atoms with Crippen molar-refractivity contribution in [2.45, 2.75) is 6.92 Å². The number of ketones is 1. The third-order valence-corrected chi connectivity index (χ3v) is 5.26. The van der Waals surface area contributed by atoms with E-state index in [2.05, 4.69) is 15.2 Å². The largest absolute Gasteiger partial charge is 0.369 e. The molecule has 130 valence electrons. The van der Waals surface area contributed by atoms with Crippen molar-refractivity contribution in [2.24, 2.45) is 0 Å². The van der Waals surface area contributed by atoms with E-state index in [0.717, 1.165) is 37.4 Å². The van der Waals surface area contributed by atoms with E-state index in [4.69, 9.17) is 0 Å². The Bertz CT molecular complexity index is 1130. The summed E-state index contributed by atoms with van der Waals surface area (Å²) < 4.78 is 1.47. The summed E-state index contributed by atoms with van der Waals surface area (Å²) in [4.78, 5) is 32.8. The maximum Gasteiger partial charge on any atom is 0.266 e. The highest BCUT2D eigenvalue weighted by atomic mass is 16.1. The Labute approximate surface area is 150 Å². The molecule has 0 spiro atoms. The number of nitrogens with one attached hydrogen (secondary N) is 1. The van der Waals surface area contributed by atoms with Crippen LogP contribution >= 0.6 is 0 Å². The molecule has 0 radical (unpaired) electrons. The molecular formula is C20H18N4O2. The second kappa shape index (κ2) is 5.51. The number of nitrogens with zero attached hydrogens (tertiary/aromatic N) is 3. The van der Waals surface area contributed by atoms with E-state index in [1.165, 1.54) is 4.57 Å². The molecule has 6 nitrogen and oxygen atoms in total. The zero-order chi connectivity index (χ0) is 17.8. The standard InChI is InChI=1S/C20H18N4O2/c1-12-3-2-4-16-17(12)18(25)19-22-15-6-5-13(23-9-7-21-8-10-23)11-14(15)20(26)24(16)19/h2-6,11,21H,7-10H2,1H3. The van der Waals surface area contributed by atoms with Crippen molar-refractivity contribution < 1.29 is 4.79 Å². The maximum atomic E-state index is 13.2. The molecule has 1 aromatic heterocycles. The summed E-state index contributed by atoms with van der Waals surface area (Å²) in [6.07, 6.45) is 0. The molecule has 26 heavy (non-hydrogen) atoms. The fourth-order valence-corrected chi connectivity index (χ4v) is 3.91. The molecule has 2 aliphatic rings. The first-order valence-corrected chi connectivity index (χ1v) is 8.82. The zero-order valence-electron chi connectivity index (χ0n) is 14.5. The lowest BCUT2D eigenvalue weighted by atomic mass is 10.1. The van der Waals surface area contributed by atoms with Gasteiger partial charge in [-0.25, -0.2) is 4.98 Å². The molecule has 0 saturated carbocycles. The number of rotatable bonds is 1. The summed E-state index contributed by atoms with van der Waals surface area (Å²) in [5.41, 5.74) is 3.49. The minimum atomic E-state index is -0.181. The first-order valence-electron chi connectivity index (χ1n) is 8.82. The number of aryl methyl sites for hydroxylation is 1. The minimum absolute atomic E-state index is 0.178. The summed E-state index contributed by atoms with van der Waals surface area (Å²) in [6, 6.07) is 11.3. The highest BCUT2D eigenvalue weighted by Crippen LogP contribution is 2.29. The molecule has 3 heterocycles. The fraction of sp³-hybridized carbons (Fsp3) is 0.250. The van der Waals surface area contributed by atoms with E-state index in [1.54, 1.807) is 0 Å². The Morgan fingerprint density at radius 3 is 2.69 bits per heavy atom. The average molecular weight is 346 g/mol. The Hall–Kier alpha value is -2.99. The van der Waals surface area contributed by atoms with Gasteiger partial charge in [0.25, 0.3) is 5.56 Å². The zero-order valence-corrected chi connectivity index (χ0v) is 14.5. The van der Waals surface area contributed by atoms with Crippen molar-refractivity contribution in [1.29, 1.82) is 0 Å². The van der Waals surface area contributed by atoms with Gasteiger partial charge in [-0.05, 0) is 36.8 Å². The monoisotopic (exact) mass is 346 g/mol. The van der Waals surface area contributed by atoms with Gasteiger partial charge in [-0.15, -0.1) is 0 Å². The first kappa shape index (κ1) is 15.3. The predicted octanol–water partition coefficient (Wildman–Crippen LogP) is 1.65. The van der Waals surface area contributed by atoms with E-state index in [0.29, 0.717) is 22.2 Å². The predicted molar refractivity (Wildman–Crippen MR) is 101 cm³/mol. The molecule has 5 rings (SSSR count). The molecule has 2 aromatic carbocycles. The van der Waals surface area contributed by atoms with E-state index >= 15 is 0 Å². The number of benzene rings is 2. The van der Waals surface area contributed by atoms with Crippen LogP contribution in [0.1, 0.15) is 21.7 Å². The Morgan fingerprint density at radius 1 is 1.08 bits per heavy atom. The number of hydrogen-bond donors (Lipinski definition) is 1. The normalized spacial score (nSPS) is 16.0. The second-order valence-corrected chi connectivity index (χ2v) is 6.81. The number of fused-ring (bicyclic) bond motifs is 4. The van der Waals surface area contributed by atoms with Gasteiger partial charge in [0.1, 0.15) is 0 Å². The lowest BCUT2D eigenvalue weighted by Gasteiger charge is -2.29. The molecule has 0 bridgehead atoms. The molecule has 0 unspecified atom stereocenters. The lowest BCUT2D eigenvalue weighted by molar-refractivity contribution is 0.103. The molecule has 1 saturated heterocycles. The van der Waals surface area contributed by atoms with Crippen LogP contribution in [0.25, 0.3) is 16.6 Å². The van der Waals surface area contributed by atoms with Gasteiger partial charge >= 0.3 is 0 Å². The topological polar surface area (TPSA) is 67.2 Å². The van der Waals surface area contributed by atoms with Crippen molar-refractivity contribution in [2.75, 3.05) is 31.1 Å². The Kier molecular flexibility index (Phi) is 3.24. The third-order valence-electron chi connectivity index (χ3n) is 5.26. The van der Waals surface area contributed by atoms with Gasteiger partial charge in [-0.2, -0.15) is 0 Å². The molecule has 0 atom stereocenters. The average Bonchev–Trinajstić information content (AvgIpc) is 2.96. The number of carbonyl (C=O) groups is 1. The van der Waals surface area contributed by atoms with Crippen LogP contribution in [0.15, 0.2) is 41.2 Å². The van der Waals surface area contributed by atoms with E-state index in [1.807, 2.05) is 43.3 Å². The fourth-order valence-electron chi connectivity index (χ4n) is 3.91. The third kappa shape index (κ3) is 2.05. The highest BCUT2D eigenvalue weighted by molar-refractivity contribution is 6.14. The number of hydrogen-bond acceptors (Lipinski definition) is 5. The number of carbonyl (C=O) groups excluding carboxylic acids is 1. The molecule has 6 heteroatoms. The number of anilines is 1. The number of piperazine rings is 1. The SMILES string of the molecule is Cc1cccc2c1C(=O)c1nc3ccc(N4CCNCC4)cc3c(=O)n1-2. The minimum Gasteiger partial charge on any atom is -0.369 e. The smallest absolute Gasteiger partial charge is 0.266 e. The summed E-state index contributed by atoms with van der Waals surface area (Å²) in [7, 11) is 0.